The monoisotopic (exact) mass is 535 g/mol. The number of aromatic nitrogens is 3. The number of nitrogens with one attached hydrogen (secondary N) is 1. The lowest BCUT2D eigenvalue weighted by Gasteiger charge is -2.31. The first kappa shape index (κ1) is 24.2. The number of benzene rings is 2. The molecule has 1 fully saturated rings. The summed E-state index contributed by atoms with van der Waals surface area (Å²) in [6.45, 7) is 0.998. The predicted molar refractivity (Wildman–Crippen MR) is 137 cm³/mol. The highest BCUT2D eigenvalue weighted by molar-refractivity contribution is 6.31. The molecule has 2 amide bonds. The van der Waals surface area contributed by atoms with Crippen molar-refractivity contribution in [1.29, 1.82) is 0 Å². The zero-order valence-electron chi connectivity index (χ0n) is 20.4. The van der Waals surface area contributed by atoms with Crippen LogP contribution < -0.4 is 0 Å². The number of fused-ring (bicyclic) bond motifs is 2. The molecule has 0 radical (unpaired) electrons. The van der Waals surface area contributed by atoms with E-state index in [1.165, 1.54) is 24.4 Å². The molecule has 0 unspecified atom stereocenters. The van der Waals surface area contributed by atoms with E-state index < -0.39 is 17.3 Å². The number of rotatable bonds is 5. The molecule has 0 saturated heterocycles. The van der Waals surface area contributed by atoms with E-state index in [-0.39, 0.29) is 28.9 Å². The maximum absolute atomic E-state index is 13.9. The summed E-state index contributed by atoms with van der Waals surface area (Å²) in [4.78, 5) is 44.8. The van der Waals surface area contributed by atoms with Gasteiger partial charge in [-0.1, -0.05) is 23.7 Å². The van der Waals surface area contributed by atoms with Gasteiger partial charge >= 0.3 is 5.97 Å². The summed E-state index contributed by atoms with van der Waals surface area (Å²) in [5, 5.41) is 14.3. The van der Waals surface area contributed by atoms with E-state index in [0.29, 0.717) is 40.9 Å². The van der Waals surface area contributed by atoms with Gasteiger partial charge in [0.2, 0.25) is 0 Å². The van der Waals surface area contributed by atoms with Gasteiger partial charge < -0.3 is 19.9 Å². The summed E-state index contributed by atoms with van der Waals surface area (Å²) in [6, 6.07) is 11.0. The molecule has 6 rings (SSSR count). The molecule has 4 aromatic rings. The normalized spacial score (nSPS) is 15.8. The van der Waals surface area contributed by atoms with Crippen LogP contribution in [0.1, 0.15) is 55.3 Å². The Labute approximate surface area is 221 Å². The zero-order valence-corrected chi connectivity index (χ0v) is 21.1. The lowest BCUT2D eigenvalue weighted by atomic mass is 9.99. The standard InChI is InChI=1S/C27H23ClFN5O4/c1-32(27(5-6-27)17-4-2-3-15(9-17)26(37)38)24(35)18-13-30-34-8-7-33(14-23(18)34)25(36)22-11-16-10-20(29)19(28)12-21(16)31-22/h2-4,9-13,31H,5-8,14H2,1H3,(H,37,38). The number of hydrogen-bond donors (Lipinski definition) is 2. The van der Waals surface area contributed by atoms with Crippen LogP contribution in [0.15, 0.2) is 48.7 Å². The SMILES string of the molecule is CN(C(=O)c1cnn2c1CN(C(=O)c1cc3cc(F)c(Cl)cc3[nH]1)CC2)C1(c2cccc(C(=O)O)c2)CC1. The fourth-order valence-electron chi connectivity index (χ4n) is 5.26. The van der Waals surface area contributed by atoms with Crippen LogP contribution in [0.5, 0.6) is 0 Å². The van der Waals surface area contributed by atoms with Crippen LogP contribution in [0.25, 0.3) is 10.9 Å². The molecule has 2 aliphatic rings. The van der Waals surface area contributed by atoms with Crippen molar-refractivity contribution in [3.63, 3.8) is 0 Å². The third-order valence-corrected chi connectivity index (χ3v) is 7.89. The fourth-order valence-corrected chi connectivity index (χ4v) is 5.43. The second kappa shape index (κ2) is 8.70. The third kappa shape index (κ3) is 3.83. The number of amides is 2. The molecule has 9 nitrogen and oxygen atoms in total. The van der Waals surface area contributed by atoms with Gasteiger partial charge in [0, 0.05) is 24.5 Å². The first-order chi connectivity index (χ1) is 18.2. The van der Waals surface area contributed by atoms with Gasteiger partial charge in [0.1, 0.15) is 11.5 Å². The Morgan fingerprint density at radius 3 is 2.68 bits per heavy atom. The Morgan fingerprint density at radius 2 is 1.95 bits per heavy atom. The smallest absolute Gasteiger partial charge is 0.335 e. The Bertz CT molecular complexity index is 1600. The first-order valence-corrected chi connectivity index (χ1v) is 12.5. The summed E-state index contributed by atoms with van der Waals surface area (Å²) in [7, 11) is 1.72. The first-order valence-electron chi connectivity index (χ1n) is 12.1. The van der Waals surface area contributed by atoms with Gasteiger partial charge in [0.25, 0.3) is 11.8 Å². The molecule has 0 atom stereocenters. The zero-order chi connectivity index (χ0) is 26.8. The van der Waals surface area contributed by atoms with Crippen LogP contribution in [-0.2, 0) is 18.6 Å². The van der Waals surface area contributed by atoms with Crippen molar-refractivity contribution < 1.29 is 23.9 Å². The van der Waals surface area contributed by atoms with Crippen molar-refractivity contribution in [2.45, 2.75) is 31.5 Å². The number of carboxylic acids is 1. The summed E-state index contributed by atoms with van der Waals surface area (Å²) < 4.78 is 15.6. The molecule has 3 heterocycles. The Kier molecular flexibility index (Phi) is 5.53. The van der Waals surface area contributed by atoms with Crippen molar-refractivity contribution >= 4 is 40.3 Å². The lowest BCUT2D eigenvalue weighted by molar-refractivity contribution is 0.0669. The molecule has 2 N–H and O–H groups in total. The van der Waals surface area contributed by atoms with Gasteiger partial charge in [0.05, 0.1) is 46.7 Å². The number of nitrogens with zero attached hydrogens (tertiary/aromatic N) is 4. The van der Waals surface area contributed by atoms with E-state index >= 15 is 0 Å². The summed E-state index contributed by atoms with van der Waals surface area (Å²) in [5.41, 5.74) is 2.26. The number of halogens is 2. The van der Waals surface area contributed by atoms with E-state index in [0.717, 1.165) is 18.4 Å². The minimum atomic E-state index is -1.02. The van der Waals surface area contributed by atoms with Crippen LogP contribution in [-0.4, -0.2) is 61.0 Å². The number of H-pyrrole nitrogens is 1. The quantitative estimate of drug-likeness (QED) is 0.396. The summed E-state index contributed by atoms with van der Waals surface area (Å²) in [6.07, 6.45) is 2.97. The van der Waals surface area contributed by atoms with Crippen LogP contribution in [0.2, 0.25) is 5.02 Å². The van der Waals surface area contributed by atoms with Gasteiger partial charge in [-0.3, -0.25) is 14.3 Å². The average Bonchev–Trinajstić information content (AvgIpc) is 3.47. The number of carbonyl (C=O) groups is 3. The molecule has 2 aromatic heterocycles. The number of carbonyl (C=O) groups excluding carboxylic acids is 2. The molecule has 11 heteroatoms. The van der Waals surface area contributed by atoms with Gasteiger partial charge in [-0.2, -0.15) is 5.10 Å². The van der Waals surface area contributed by atoms with E-state index in [9.17, 15) is 23.9 Å². The van der Waals surface area contributed by atoms with Gasteiger partial charge in [0.15, 0.2) is 0 Å². The number of hydrogen-bond acceptors (Lipinski definition) is 4. The summed E-state index contributed by atoms with van der Waals surface area (Å²) in [5.74, 6) is -2.10. The van der Waals surface area contributed by atoms with E-state index in [4.69, 9.17) is 11.6 Å². The maximum atomic E-state index is 13.9. The third-order valence-electron chi connectivity index (χ3n) is 7.60. The van der Waals surface area contributed by atoms with Crippen LogP contribution in [0.3, 0.4) is 0 Å². The van der Waals surface area contributed by atoms with Crippen LogP contribution in [0, 0.1) is 5.82 Å². The second-order valence-corrected chi connectivity index (χ2v) is 10.2. The summed E-state index contributed by atoms with van der Waals surface area (Å²) >= 11 is 5.88. The van der Waals surface area contributed by atoms with E-state index in [2.05, 4.69) is 10.1 Å². The van der Waals surface area contributed by atoms with Crippen molar-refractivity contribution in [3.8, 4) is 0 Å². The van der Waals surface area contributed by atoms with Crippen molar-refractivity contribution in [3.05, 3.63) is 87.6 Å². The number of carboxylic acid groups (broad SMARTS) is 1. The minimum absolute atomic E-state index is 0.0318. The molecule has 38 heavy (non-hydrogen) atoms. The van der Waals surface area contributed by atoms with Gasteiger partial charge in [-0.15, -0.1) is 0 Å². The largest absolute Gasteiger partial charge is 0.478 e. The van der Waals surface area contributed by atoms with Crippen molar-refractivity contribution in [1.82, 2.24) is 24.6 Å². The van der Waals surface area contributed by atoms with Crippen molar-refractivity contribution in [2.75, 3.05) is 13.6 Å². The second-order valence-electron chi connectivity index (χ2n) is 9.77. The molecular weight excluding hydrogens is 513 g/mol. The highest BCUT2D eigenvalue weighted by Crippen LogP contribution is 2.51. The van der Waals surface area contributed by atoms with E-state index in [1.54, 1.807) is 39.7 Å². The minimum Gasteiger partial charge on any atom is -0.478 e. The molecule has 1 aliphatic heterocycles. The highest BCUT2D eigenvalue weighted by atomic mass is 35.5. The molecule has 0 spiro atoms. The topological polar surface area (TPSA) is 112 Å². The number of aromatic carboxylic acids is 1. The molecule has 0 bridgehead atoms. The van der Waals surface area contributed by atoms with E-state index in [1.807, 2.05) is 6.07 Å². The fraction of sp³-hybridized carbons (Fsp3) is 0.259. The van der Waals surface area contributed by atoms with Gasteiger partial charge in [-0.25, -0.2) is 9.18 Å². The predicted octanol–water partition coefficient (Wildman–Crippen LogP) is 4.27. The molecule has 1 saturated carbocycles. The Hall–Kier alpha value is -4.18. The molecule has 1 aliphatic carbocycles. The van der Waals surface area contributed by atoms with Crippen LogP contribution >= 0.6 is 11.6 Å². The lowest BCUT2D eigenvalue weighted by Crippen LogP contribution is -2.41. The maximum Gasteiger partial charge on any atom is 0.335 e. The molecule has 2 aromatic carbocycles. The van der Waals surface area contributed by atoms with Crippen LogP contribution in [0.4, 0.5) is 4.39 Å². The number of aromatic amines is 1. The highest BCUT2D eigenvalue weighted by Gasteiger charge is 2.50. The Balaban J connectivity index is 1.25. The molecular formula is C27H23ClFN5O4. The van der Waals surface area contributed by atoms with Crippen molar-refractivity contribution in [2.24, 2.45) is 0 Å². The average molecular weight is 536 g/mol. The molecule has 194 valence electrons. The Morgan fingerprint density at radius 1 is 1.16 bits per heavy atom. The van der Waals surface area contributed by atoms with Gasteiger partial charge in [-0.05, 0) is 48.7 Å².